The van der Waals surface area contributed by atoms with Crippen LogP contribution in [0.3, 0.4) is 0 Å². The van der Waals surface area contributed by atoms with Crippen LogP contribution in [0.2, 0.25) is 0 Å². The van der Waals surface area contributed by atoms with Crippen LogP contribution in [0.4, 0.5) is 13.2 Å². The molecule has 1 heterocycles. The number of nitrogens with zero attached hydrogens (tertiary/aromatic N) is 1. The minimum absolute atomic E-state index is 0.224. The summed E-state index contributed by atoms with van der Waals surface area (Å²) in [5.74, 6) is -0.224. The maximum atomic E-state index is 12.3. The van der Waals surface area contributed by atoms with E-state index in [0.717, 1.165) is 18.7 Å². The number of rotatable bonds is 6. The first kappa shape index (κ1) is 15.8. The molecule has 0 bridgehead atoms. The van der Waals surface area contributed by atoms with E-state index >= 15 is 0 Å². The van der Waals surface area contributed by atoms with Crippen molar-refractivity contribution in [3.05, 3.63) is 46.4 Å². The first-order chi connectivity index (χ1) is 9.99. The highest BCUT2D eigenvalue weighted by atomic mass is 32.1. The molecule has 0 aliphatic rings. The number of thiazole rings is 1. The molecule has 2 aromatic rings. The lowest BCUT2D eigenvalue weighted by atomic mass is 10.0. The van der Waals surface area contributed by atoms with Crippen LogP contribution in [0.1, 0.15) is 30.6 Å². The van der Waals surface area contributed by atoms with Crippen LogP contribution in [-0.2, 0) is 0 Å². The Morgan fingerprint density at radius 3 is 2.81 bits per heavy atom. The fourth-order valence-electron chi connectivity index (χ4n) is 1.94. The Labute approximate surface area is 124 Å². The minimum Gasteiger partial charge on any atom is -0.406 e. The zero-order valence-corrected chi connectivity index (χ0v) is 12.2. The van der Waals surface area contributed by atoms with Gasteiger partial charge in [-0.25, -0.2) is 4.98 Å². The minimum atomic E-state index is -4.69. The average Bonchev–Trinajstić information content (AvgIpc) is 2.91. The van der Waals surface area contributed by atoms with Crippen molar-refractivity contribution < 1.29 is 17.9 Å². The summed E-state index contributed by atoms with van der Waals surface area (Å²) in [6, 6.07) is 5.74. The Bertz CT molecular complexity index is 558. The highest BCUT2D eigenvalue weighted by Gasteiger charge is 2.31. The average molecular weight is 316 g/mol. The SMILES string of the molecule is CCCNC(c1cccc(OC(F)(F)F)c1)c1cscn1. The molecular formula is C14H15F3N2OS. The van der Waals surface area contributed by atoms with E-state index in [1.165, 1.54) is 23.5 Å². The predicted octanol–water partition coefficient (Wildman–Crippen LogP) is 4.13. The lowest BCUT2D eigenvalue weighted by Crippen LogP contribution is -2.24. The van der Waals surface area contributed by atoms with Crippen LogP contribution in [0.25, 0.3) is 0 Å². The number of alkyl halides is 3. The van der Waals surface area contributed by atoms with Crippen molar-refractivity contribution in [1.29, 1.82) is 0 Å². The summed E-state index contributed by atoms with van der Waals surface area (Å²) in [4.78, 5) is 4.24. The summed E-state index contributed by atoms with van der Waals surface area (Å²) in [5, 5.41) is 5.17. The summed E-state index contributed by atoms with van der Waals surface area (Å²) in [6.45, 7) is 2.76. The fraction of sp³-hybridized carbons (Fsp3) is 0.357. The maximum Gasteiger partial charge on any atom is 0.573 e. The summed E-state index contributed by atoms with van der Waals surface area (Å²) < 4.78 is 40.9. The number of hydrogen-bond donors (Lipinski definition) is 1. The van der Waals surface area contributed by atoms with E-state index in [1.54, 1.807) is 17.6 Å². The molecular weight excluding hydrogens is 301 g/mol. The van der Waals surface area contributed by atoms with Crippen LogP contribution in [0.5, 0.6) is 5.75 Å². The van der Waals surface area contributed by atoms with Gasteiger partial charge in [-0.2, -0.15) is 0 Å². The third-order valence-corrected chi connectivity index (χ3v) is 3.38. The standard InChI is InChI=1S/C14H15F3N2OS/c1-2-6-18-13(12-8-21-9-19-12)10-4-3-5-11(7-10)20-14(15,16)17/h3-5,7-9,13,18H,2,6H2,1H3. The van der Waals surface area contributed by atoms with Crippen molar-refractivity contribution >= 4 is 11.3 Å². The van der Waals surface area contributed by atoms with Crippen LogP contribution >= 0.6 is 11.3 Å². The van der Waals surface area contributed by atoms with Gasteiger partial charge in [-0.3, -0.25) is 0 Å². The quantitative estimate of drug-likeness (QED) is 0.870. The topological polar surface area (TPSA) is 34.1 Å². The monoisotopic (exact) mass is 316 g/mol. The lowest BCUT2D eigenvalue weighted by Gasteiger charge is -2.18. The molecule has 1 unspecified atom stereocenters. The Morgan fingerprint density at radius 1 is 1.38 bits per heavy atom. The van der Waals surface area contributed by atoms with E-state index in [1.807, 2.05) is 12.3 Å². The second-order valence-electron chi connectivity index (χ2n) is 4.42. The van der Waals surface area contributed by atoms with Crippen molar-refractivity contribution in [2.75, 3.05) is 6.54 Å². The van der Waals surface area contributed by atoms with E-state index in [2.05, 4.69) is 15.0 Å². The number of hydrogen-bond acceptors (Lipinski definition) is 4. The highest BCUT2D eigenvalue weighted by Crippen LogP contribution is 2.28. The first-order valence-electron chi connectivity index (χ1n) is 6.47. The number of aromatic nitrogens is 1. The van der Waals surface area contributed by atoms with Crippen LogP contribution < -0.4 is 10.1 Å². The summed E-state index contributed by atoms with van der Waals surface area (Å²) in [7, 11) is 0. The zero-order valence-electron chi connectivity index (χ0n) is 11.4. The van der Waals surface area contributed by atoms with Crippen molar-refractivity contribution in [2.24, 2.45) is 0 Å². The molecule has 0 aliphatic heterocycles. The van der Waals surface area contributed by atoms with Gasteiger partial charge in [0.05, 0.1) is 17.2 Å². The summed E-state index contributed by atoms with van der Waals surface area (Å²) in [6.07, 6.45) is -3.77. The molecule has 114 valence electrons. The van der Waals surface area contributed by atoms with Crippen LogP contribution in [-0.4, -0.2) is 17.9 Å². The Hall–Kier alpha value is -1.60. The molecule has 1 aromatic heterocycles. The van der Waals surface area contributed by atoms with E-state index in [9.17, 15) is 13.2 Å². The smallest absolute Gasteiger partial charge is 0.406 e. The van der Waals surface area contributed by atoms with Gasteiger partial charge < -0.3 is 10.1 Å². The van der Waals surface area contributed by atoms with Crippen molar-refractivity contribution in [2.45, 2.75) is 25.7 Å². The van der Waals surface area contributed by atoms with E-state index in [4.69, 9.17) is 0 Å². The van der Waals surface area contributed by atoms with Crippen LogP contribution in [0, 0.1) is 0 Å². The zero-order chi connectivity index (χ0) is 15.3. The molecule has 1 atom stereocenters. The molecule has 7 heteroatoms. The van der Waals surface area contributed by atoms with Gasteiger partial charge in [-0.15, -0.1) is 24.5 Å². The van der Waals surface area contributed by atoms with Gasteiger partial charge in [-0.1, -0.05) is 19.1 Å². The van der Waals surface area contributed by atoms with Gasteiger partial charge in [-0.05, 0) is 30.7 Å². The molecule has 0 fully saturated rings. The first-order valence-corrected chi connectivity index (χ1v) is 7.41. The Kier molecular flexibility index (Phi) is 5.19. The second-order valence-corrected chi connectivity index (χ2v) is 5.14. The summed E-state index contributed by atoms with van der Waals surface area (Å²) in [5.41, 5.74) is 3.18. The molecule has 3 nitrogen and oxygen atoms in total. The second kappa shape index (κ2) is 6.91. The van der Waals surface area contributed by atoms with Crippen molar-refractivity contribution in [3.63, 3.8) is 0 Å². The lowest BCUT2D eigenvalue weighted by molar-refractivity contribution is -0.274. The van der Waals surface area contributed by atoms with Gasteiger partial charge >= 0.3 is 6.36 Å². The van der Waals surface area contributed by atoms with Gasteiger partial charge in [0.2, 0.25) is 0 Å². The molecule has 0 radical (unpaired) electrons. The molecule has 0 amide bonds. The van der Waals surface area contributed by atoms with Gasteiger partial charge in [0, 0.05) is 5.38 Å². The third kappa shape index (κ3) is 4.71. The number of ether oxygens (including phenoxy) is 1. The molecule has 1 N–H and O–H groups in total. The van der Waals surface area contributed by atoms with Crippen molar-refractivity contribution in [1.82, 2.24) is 10.3 Å². The maximum absolute atomic E-state index is 12.3. The molecule has 21 heavy (non-hydrogen) atoms. The number of nitrogens with one attached hydrogen (secondary N) is 1. The molecule has 0 spiro atoms. The Balaban J connectivity index is 2.25. The molecule has 2 rings (SSSR count). The largest absolute Gasteiger partial charge is 0.573 e. The van der Waals surface area contributed by atoms with Gasteiger partial charge in [0.1, 0.15) is 5.75 Å². The third-order valence-electron chi connectivity index (χ3n) is 2.77. The van der Waals surface area contributed by atoms with Crippen molar-refractivity contribution in [3.8, 4) is 5.75 Å². The van der Waals surface area contributed by atoms with E-state index < -0.39 is 6.36 Å². The fourth-order valence-corrected chi connectivity index (χ4v) is 2.52. The molecule has 0 saturated carbocycles. The highest BCUT2D eigenvalue weighted by molar-refractivity contribution is 7.07. The normalized spacial score (nSPS) is 13.1. The van der Waals surface area contributed by atoms with E-state index in [0.29, 0.717) is 5.56 Å². The van der Waals surface area contributed by atoms with Crippen LogP contribution in [0.15, 0.2) is 35.2 Å². The Morgan fingerprint density at radius 2 is 2.19 bits per heavy atom. The van der Waals surface area contributed by atoms with Gasteiger partial charge in [0.15, 0.2) is 0 Å². The summed E-state index contributed by atoms with van der Waals surface area (Å²) >= 11 is 1.45. The van der Waals surface area contributed by atoms with Gasteiger partial charge in [0.25, 0.3) is 0 Å². The predicted molar refractivity (Wildman–Crippen MR) is 75.4 cm³/mol. The number of benzene rings is 1. The molecule has 0 aliphatic carbocycles. The molecule has 1 aromatic carbocycles. The molecule has 0 saturated heterocycles. The van der Waals surface area contributed by atoms with E-state index in [-0.39, 0.29) is 11.8 Å². The number of halogens is 3.